The van der Waals surface area contributed by atoms with Crippen LogP contribution in [0.25, 0.3) is 0 Å². The zero-order valence-electron chi connectivity index (χ0n) is 10.2. The number of hydrogen-bond donors (Lipinski definition) is 0. The molecule has 1 fully saturated rings. The first-order valence-electron chi connectivity index (χ1n) is 6.04. The number of alkyl halides is 3. The van der Waals surface area contributed by atoms with Crippen LogP contribution in [0.1, 0.15) is 24.0 Å². The summed E-state index contributed by atoms with van der Waals surface area (Å²) in [5.41, 5.74) is -0.164. The van der Waals surface area contributed by atoms with Crippen molar-refractivity contribution in [1.29, 1.82) is 0 Å². The second-order valence-corrected chi connectivity index (χ2v) is 4.44. The predicted octanol–water partition coefficient (Wildman–Crippen LogP) is 3.44. The minimum atomic E-state index is -4.34. The van der Waals surface area contributed by atoms with Crippen LogP contribution in [0.4, 0.5) is 18.0 Å². The third kappa shape index (κ3) is 3.62. The van der Waals surface area contributed by atoms with E-state index in [1.165, 1.54) is 12.1 Å². The Morgan fingerprint density at radius 2 is 1.74 bits per heavy atom. The summed E-state index contributed by atoms with van der Waals surface area (Å²) in [4.78, 5) is 13.2. The van der Waals surface area contributed by atoms with E-state index in [0.29, 0.717) is 18.7 Å². The maximum atomic E-state index is 12.3. The fourth-order valence-corrected chi connectivity index (χ4v) is 1.93. The van der Waals surface area contributed by atoms with Gasteiger partial charge in [-0.25, -0.2) is 4.79 Å². The van der Waals surface area contributed by atoms with Crippen molar-refractivity contribution in [1.82, 2.24) is 4.90 Å². The van der Waals surface area contributed by atoms with Gasteiger partial charge in [0.2, 0.25) is 0 Å². The molecule has 6 heteroatoms. The van der Waals surface area contributed by atoms with Crippen LogP contribution in [0.3, 0.4) is 0 Å². The predicted molar refractivity (Wildman–Crippen MR) is 62.4 cm³/mol. The lowest BCUT2D eigenvalue weighted by atomic mass is 10.1. The molecule has 0 radical (unpaired) electrons. The van der Waals surface area contributed by atoms with Crippen LogP contribution < -0.4 is 0 Å². The lowest BCUT2D eigenvalue weighted by Crippen LogP contribution is -2.28. The lowest BCUT2D eigenvalue weighted by Gasteiger charge is -2.15. The van der Waals surface area contributed by atoms with E-state index in [-0.39, 0.29) is 6.61 Å². The molecule has 1 heterocycles. The molecule has 1 aromatic rings. The number of hydrogen-bond acceptors (Lipinski definition) is 2. The summed E-state index contributed by atoms with van der Waals surface area (Å²) in [6.07, 6.45) is -2.81. The van der Waals surface area contributed by atoms with Crippen molar-refractivity contribution in [2.24, 2.45) is 0 Å². The highest BCUT2D eigenvalue weighted by Gasteiger charge is 2.30. The Bertz CT molecular complexity index is 436. The number of benzene rings is 1. The van der Waals surface area contributed by atoms with Crippen LogP contribution in [0, 0.1) is 0 Å². The number of ether oxygens (including phenoxy) is 1. The van der Waals surface area contributed by atoms with Crippen molar-refractivity contribution < 1.29 is 22.7 Å². The molecule has 2 rings (SSSR count). The average Bonchev–Trinajstić information content (AvgIpc) is 2.89. The van der Waals surface area contributed by atoms with Crippen LogP contribution in [0.2, 0.25) is 0 Å². The fraction of sp³-hybridized carbons (Fsp3) is 0.462. The van der Waals surface area contributed by atoms with Crippen LogP contribution in [-0.2, 0) is 17.5 Å². The molecule has 0 atom stereocenters. The van der Waals surface area contributed by atoms with E-state index in [9.17, 15) is 18.0 Å². The Kier molecular flexibility index (Phi) is 3.97. The molecule has 1 aliphatic heterocycles. The molecule has 0 spiro atoms. The van der Waals surface area contributed by atoms with E-state index in [1.807, 2.05) is 0 Å². The first-order valence-corrected chi connectivity index (χ1v) is 6.04. The van der Waals surface area contributed by atoms with Gasteiger partial charge in [0.1, 0.15) is 6.61 Å². The van der Waals surface area contributed by atoms with Crippen LogP contribution in [-0.4, -0.2) is 24.1 Å². The summed E-state index contributed by atoms with van der Waals surface area (Å²) < 4.78 is 42.1. The van der Waals surface area contributed by atoms with Crippen LogP contribution in [0.15, 0.2) is 24.3 Å². The lowest BCUT2D eigenvalue weighted by molar-refractivity contribution is -0.137. The van der Waals surface area contributed by atoms with Crippen molar-refractivity contribution in [3.8, 4) is 0 Å². The molecule has 0 unspecified atom stereocenters. The molecule has 0 bridgehead atoms. The fourth-order valence-electron chi connectivity index (χ4n) is 1.93. The number of nitrogens with zero attached hydrogens (tertiary/aromatic N) is 1. The Balaban J connectivity index is 1.87. The monoisotopic (exact) mass is 273 g/mol. The second kappa shape index (κ2) is 5.50. The van der Waals surface area contributed by atoms with Gasteiger partial charge in [0.05, 0.1) is 5.56 Å². The van der Waals surface area contributed by atoms with Gasteiger partial charge in [-0.05, 0) is 30.5 Å². The molecule has 0 aliphatic carbocycles. The normalized spacial score (nSPS) is 15.6. The van der Waals surface area contributed by atoms with Crippen molar-refractivity contribution in [2.45, 2.75) is 25.6 Å². The zero-order valence-corrected chi connectivity index (χ0v) is 10.2. The maximum Gasteiger partial charge on any atom is 0.416 e. The molecule has 104 valence electrons. The van der Waals surface area contributed by atoms with Crippen molar-refractivity contribution in [2.75, 3.05) is 13.1 Å². The number of carbonyl (C=O) groups excluding carboxylic acids is 1. The summed E-state index contributed by atoms with van der Waals surface area (Å²) >= 11 is 0. The molecule has 1 aromatic carbocycles. The van der Waals surface area contributed by atoms with Gasteiger partial charge in [-0.2, -0.15) is 13.2 Å². The molecule has 1 saturated heterocycles. The van der Waals surface area contributed by atoms with E-state index in [0.717, 1.165) is 25.0 Å². The molecule has 3 nitrogen and oxygen atoms in total. The first kappa shape index (κ1) is 13.7. The highest BCUT2D eigenvalue weighted by atomic mass is 19.4. The Morgan fingerprint density at radius 3 is 2.26 bits per heavy atom. The second-order valence-electron chi connectivity index (χ2n) is 4.44. The molecule has 1 amide bonds. The van der Waals surface area contributed by atoms with Crippen molar-refractivity contribution >= 4 is 6.09 Å². The number of carbonyl (C=O) groups is 1. The average molecular weight is 273 g/mol. The van der Waals surface area contributed by atoms with E-state index < -0.39 is 17.8 Å². The largest absolute Gasteiger partial charge is 0.445 e. The molecule has 19 heavy (non-hydrogen) atoms. The molecule has 1 aliphatic rings. The van der Waals surface area contributed by atoms with Gasteiger partial charge in [-0.1, -0.05) is 12.1 Å². The van der Waals surface area contributed by atoms with Crippen LogP contribution >= 0.6 is 0 Å². The summed E-state index contributed by atoms with van der Waals surface area (Å²) in [6.45, 7) is 1.37. The quantitative estimate of drug-likeness (QED) is 0.826. The minimum Gasteiger partial charge on any atom is -0.445 e. The van der Waals surface area contributed by atoms with Crippen LogP contribution in [0.5, 0.6) is 0 Å². The van der Waals surface area contributed by atoms with E-state index >= 15 is 0 Å². The molecular weight excluding hydrogens is 259 g/mol. The van der Waals surface area contributed by atoms with Gasteiger partial charge >= 0.3 is 12.3 Å². The minimum absolute atomic E-state index is 0.00648. The molecule has 0 aromatic heterocycles. The summed E-state index contributed by atoms with van der Waals surface area (Å²) in [6, 6.07) is 4.61. The van der Waals surface area contributed by atoms with Gasteiger partial charge in [-0.3, -0.25) is 0 Å². The summed E-state index contributed by atoms with van der Waals surface area (Å²) in [7, 11) is 0. The van der Waals surface area contributed by atoms with Gasteiger partial charge in [0, 0.05) is 13.1 Å². The Morgan fingerprint density at radius 1 is 1.16 bits per heavy atom. The van der Waals surface area contributed by atoms with E-state index in [1.54, 1.807) is 4.90 Å². The van der Waals surface area contributed by atoms with Gasteiger partial charge in [0.15, 0.2) is 0 Å². The van der Waals surface area contributed by atoms with E-state index in [4.69, 9.17) is 4.74 Å². The van der Waals surface area contributed by atoms with Gasteiger partial charge < -0.3 is 9.64 Å². The number of rotatable bonds is 2. The van der Waals surface area contributed by atoms with Gasteiger partial charge in [0.25, 0.3) is 0 Å². The maximum absolute atomic E-state index is 12.3. The SMILES string of the molecule is O=C(OCc1ccc(C(F)(F)F)cc1)N1CCCC1. The third-order valence-corrected chi connectivity index (χ3v) is 3.01. The standard InChI is InChI=1S/C13H14F3NO2/c14-13(15,16)11-5-3-10(4-6-11)9-19-12(18)17-7-1-2-8-17/h3-6H,1-2,7-9H2. The number of likely N-dealkylation sites (tertiary alicyclic amines) is 1. The zero-order chi connectivity index (χ0) is 13.9. The number of amides is 1. The first-order chi connectivity index (χ1) is 8.97. The van der Waals surface area contributed by atoms with Crippen molar-refractivity contribution in [3.63, 3.8) is 0 Å². The number of halogens is 3. The summed E-state index contributed by atoms with van der Waals surface area (Å²) in [5, 5.41) is 0. The molecular formula is C13H14F3NO2. The summed E-state index contributed by atoms with van der Waals surface area (Å²) in [5.74, 6) is 0. The third-order valence-electron chi connectivity index (χ3n) is 3.01. The molecule has 0 saturated carbocycles. The smallest absolute Gasteiger partial charge is 0.416 e. The highest BCUT2D eigenvalue weighted by Crippen LogP contribution is 2.29. The van der Waals surface area contributed by atoms with Gasteiger partial charge in [-0.15, -0.1) is 0 Å². The Hall–Kier alpha value is -1.72. The van der Waals surface area contributed by atoms with E-state index in [2.05, 4.69) is 0 Å². The topological polar surface area (TPSA) is 29.5 Å². The molecule has 0 N–H and O–H groups in total. The Labute approximate surface area is 109 Å². The van der Waals surface area contributed by atoms with Crippen molar-refractivity contribution in [3.05, 3.63) is 35.4 Å². The highest BCUT2D eigenvalue weighted by molar-refractivity contribution is 5.67.